The van der Waals surface area contributed by atoms with Gasteiger partial charge in [-0.2, -0.15) is 0 Å². The number of ether oxygens (including phenoxy) is 1. The van der Waals surface area contributed by atoms with E-state index in [9.17, 15) is 4.79 Å². The molecule has 3 aliphatic rings. The minimum atomic E-state index is 0.0647. The summed E-state index contributed by atoms with van der Waals surface area (Å²) in [4.78, 5) is 29.7. The lowest BCUT2D eigenvalue weighted by molar-refractivity contribution is 0.0731. The maximum absolute atomic E-state index is 13.4. The van der Waals surface area contributed by atoms with Crippen LogP contribution in [0.1, 0.15) is 46.3 Å². The van der Waals surface area contributed by atoms with E-state index < -0.39 is 0 Å². The SMILES string of the molecule is CNc1nc(C2CCCN2C)nc2c1CCN(C(=O)c1cccc(N3CCOCC3)c1)C2. The van der Waals surface area contributed by atoms with E-state index in [-0.39, 0.29) is 11.9 Å². The highest BCUT2D eigenvalue weighted by atomic mass is 16.5. The zero-order valence-electron chi connectivity index (χ0n) is 19.0. The van der Waals surface area contributed by atoms with Crippen molar-refractivity contribution in [3.05, 3.63) is 46.9 Å². The highest BCUT2D eigenvalue weighted by Crippen LogP contribution is 2.32. The fourth-order valence-electron chi connectivity index (χ4n) is 5.05. The molecule has 1 aromatic carbocycles. The second-order valence-electron chi connectivity index (χ2n) is 8.87. The number of anilines is 2. The van der Waals surface area contributed by atoms with E-state index in [4.69, 9.17) is 14.7 Å². The van der Waals surface area contributed by atoms with Gasteiger partial charge in [0, 0.05) is 43.5 Å². The van der Waals surface area contributed by atoms with Gasteiger partial charge < -0.3 is 19.9 Å². The molecule has 32 heavy (non-hydrogen) atoms. The molecule has 4 heterocycles. The zero-order valence-corrected chi connectivity index (χ0v) is 19.0. The summed E-state index contributed by atoms with van der Waals surface area (Å²) in [6.07, 6.45) is 3.01. The van der Waals surface area contributed by atoms with Crippen molar-refractivity contribution in [2.75, 3.05) is 63.7 Å². The average molecular weight is 437 g/mol. The van der Waals surface area contributed by atoms with Gasteiger partial charge in [-0.25, -0.2) is 9.97 Å². The van der Waals surface area contributed by atoms with Gasteiger partial charge in [0.05, 0.1) is 31.5 Å². The third-order valence-electron chi connectivity index (χ3n) is 6.89. The van der Waals surface area contributed by atoms with Gasteiger partial charge in [0.25, 0.3) is 5.91 Å². The Hall–Kier alpha value is -2.71. The predicted molar refractivity (Wildman–Crippen MR) is 124 cm³/mol. The van der Waals surface area contributed by atoms with Crippen molar-refractivity contribution in [1.82, 2.24) is 19.8 Å². The zero-order chi connectivity index (χ0) is 22.1. The number of aromatic nitrogens is 2. The number of carbonyl (C=O) groups excluding carboxylic acids is 1. The Morgan fingerprint density at radius 1 is 1.16 bits per heavy atom. The standard InChI is InChI=1S/C24H32N6O2/c1-25-22-19-8-10-30(16-20(19)26-23(27-22)21-7-4-9-28(21)2)24(31)17-5-3-6-18(15-17)29-11-13-32-14-12-29/h3,5-6,15,21H,4,7-14,16H2,1-2H3,(H,25,26,27). The van der Waals surface area contributed by atoms with Gasteiger partial charge in [-0.05, 0) is 51.1 Å². The number of amides is 1. The summed E-state index contributed by atoms with van der Waals surface area (Å²) in [5, 5.41) is 3.26. The van der Waals surface area contributed by atoms with Crippen molar-refractivity contribution in [2.45, 2.75) is 31.8 Å². The van der Waals surface area contributed by atoms with Crippen LogP contribution in [-0.2, 0) is 17.7 Å². The number of hydrogen-bond donors (Lipinski definition) is 1. The molecular formula is C24H32N6O2. The molecule has 1 unspecified atom stereocenters. The van der Waals surface area contributed by atoms with E-state index in [2.05, 4.69) is 28.2 Å². The summed E-state index contributed by atoms with van der Waals surface area (Å²) in [6.45, 7) is 5.45. The second-order valence-corrected chi connectivity index (χ2v) is 8.87. The van der Waals surface area contributed by atoms with Crippen molar-refractivity contribution in [2.24, 2.45) is 0 Å². The molecule has 0 saturated carbocycles. The molecule has 2 fully saturated rings. The summed E-state index contributed by atoms with van der Waals surface area (Å²) in [5.74, 6) is 1.85. The van der Waals surface area contributed by atoms with E-state index in [0.29, 0.717) is 13.1 Å². The molecule has 1 N–H and O–H groups in total. The van der Waals surface area contributed by atoms with Crippen LogP contribution in [0.4, 0.5) is 11.5 Å². The number of nitrogens with zero attached hydrogens (tertiary/aromatic N) is 5. The van der Waals surface area contributed by atoms with Gasteiger partial charge >= 0.3 is 0 Å². The maximum atomic E-state index is 13.4. The molecule has 8 heteroatoms. The maximum Gasteiger partial charge on any atom is 0.254 e. The van der Waals surface area contributed by atoms with Crippen LogP contribution < -0.4 is 10.2 Å². The molecule has 3 aliphatic heterocycles. The van der Waals surface area contributed by atoms with Crippen LogP contribution in [0, 0.1) is 0 Å². The molecule has 0 spiro atoms. The number of nitrogens with one attached hydrogen (secondary N) is 1. The molecular weight excluding hydrogens is 404 g/mol. The van der Waals surface area contributed by atoms with Crippen LogP contribution in [-0.4, -0.2) is 79.2 Å². The molecule has 0 aliphatic carbocycles. The van der Waals surface area contributed by atoms with Gasteiger partial charge in [0.1, 0.15) is 11.6 Å². The minimum Gasteiger partial charge on any atom is -0.378 e. The van der Waals surface area contributed by atoms with E-state index in [0.717, 1.165) is 79.8 Å². The minimum absolute atomic E-state index is 0.0647. The topological polar surface area (TPSA) is 73.8 Å². The van der Waals surface area contributed by atoms with Crippen LogP contribution in [0.3, 0.4) is 0 Å². The number of rotatable bonds is 4. The number of morpholine rings is 1. The lowest BCUT2D eigenvalue weighted by Gasteiger charge is -2.31. The van der Waals surface area contributed by atoms with Crippen molar-refractivity contribution in [3.8, 4) is 0 Å². The lowest BCUT2D eigenvalue weighted by atomic mass is 10.0. The van der Waals surface area contributed by atoms with Crippen LogP contribution in [0.15, 0.2) is 24.3 Å². The first-order valence-electron chi connectivity index (χ1n) is 11.6. The largest absolute Gasteiger partial charge is 0.378 e. The highest BCUT2D eigenvalue weighted by Gasteiger charge is 2.30. The predicted octanol–water partition coefficient (Wildman–Crippen LogP) is 2.32. The Balaban J connectivity index is 1.38. The molecule has 2 aromatic rings. The van der Waals surface area contributed by atoms with Crippen LogP contribution in [0.5, 0.6) is 0 Å². The van der Waals surface area contributed by atoms with Gasteiger partial charge in [-0.15, -0.1) is 0 Å². The lowest BCUT2D eigenvalue weighted by Crippen LogP contribution is -2.38. The van der Waals surface area contributed by atoms with Gasteiger partial charge in [0.2, 0.25) is 0 Å². The molecule has 2 saturated heterocycles. The van der Waals surface area contributed by atoms with Crippen LogP contribution in [0.2, 0.25) is 0 Å². The Morgan fingerprint density at radius 2 is 2.00 bits per heavy atom. The number of fused-ring (bicyclic) bond motifs is 1. The van der Waals surface area contributed by atoms with Crippen molar-refractivity contribution in [3.63, 3.8) is 0 Å². The normalized spacial score (nSPS) is 21.5. The van der Waals surface area contributed by atoms with E-state index in [1.54, 1.807) is 0 Å². The van der Waals surface area contributed by atoms with Gasteiger partial charge in [0.15, 0.2) is 0 Å². The van der Waals surface area contributed by atoms with Crippen molar-refractivity contribution in [1.29, 1.82) is 0 Å². The van der Waals surface area contributed by atoms with E-state index in [1.165, 1.54) is 6.42 Å². The molecule has 0 bridgehead atoms. The summed E-state index contributed by atoms with van der Waals surface area (Å²) in [7, 11) is 4.05. The van der Waals surface area contributed by atoms with Gasteiger partial charge in [-0.3, -0.25) is 9.69 Å². The number of hydrogen-bond acceptors (Lipinski definition) is 7. The third kappa shape index (κ3) is 4.04. The number of likely N-dealkylation sites (tertiary alicyclic amines) is 1. The second kappa shape index (κ2) is 9.03. The first-order chi connectivity index (χ1) is 15.6. The smallest absolute Gasteiger partial charge is 0.254 e. The molecule has 1 amide bonds. The Bertz CT molecular complexity index is 990. The molecule has 5 rings (SSSR count). The number of carbonyl (C=O) groups is 1. The summed E-state index contributed by atoms with van der Waals surface area (Å²) in [6, 6.07) is 8.24. The third-order valence-corrected chi connectivity index (χ3v) is 6.89. The van der Waals surface area contributed by atoms with E-state index in [1.807, 2.05) is 30.1 Å². The average Bonchev–Trinajstić information content (AvgIpc) is 3.29. The Morgan fingerprint density at radius 3 is 2.75 bits per heavy atom. The highest BCUT2D eigenvalue weighted by molar-refractivity contribution is 5.95. The first-order valence-corrected chi connectivity index (χ1v) is 11.6. The fourth-order valence-corrected chi connectivity index (χ4v) is 5.05. The molecule has 1 atom stereocenters. The molecule has 170 valence electrons. The van der Waals surface area contributed by atoms with Crippen LogP contribution >= 0.6 is 0 Å². The van der Waals surface area contributed by atoms with Crippen molar-refractivity contribution < 1.29 is 9.53 Å². The quantitative estimate of drug-likeness (QED) is 0.788. The molecule has 0 radical (unpaired) electrons. The summed E-state index contributed by atoms with van der Waals surface area (Å²) >= 11 is 0. The number of benzene rings is 1. The Kier molecular flexibility index (Phi) is 5.97. The summed E-state index contributed by atoms with van der Waals surface area (Å²) < 4.78 is 5.46. The van der Waals surface area contributed by atoms with E-state index >= 15 is 0 Å². The molecule has 8 nitrogen and oxygen atoms in total. The first kappa shape index (κ1) is 21.2. The molecule has 1 aromatic heterocycles. The van der Waals surface area contributed by atoms with Gasteiger partial charge in [-0.1, -0.05) is 6.07 Å². The fraction of sp³-hybridized carbons (Fsp3) is 0.542. The Labute approximate surface area is 189 Å². The summed E-state index contributed by atoms with van der Waals surface area (Å²) in [5.41, 5.74) is 3.94. The van der Waals surface area contributed by atoms with Crippen molar-refractivity contribution >= 4 is 17.4 Å². The van der Waals surface area contributed by atoms with Crippen LogP contribution in [0.25, 0.3) is 0 Å². The monoisotopic (exact) mass is 436 g/mol.